The first-order chi connectivity index (χ1) is 16.5. The van der Waals surface area contributed by atoms with Crippen molar-refractivity contribution in [2.75, 3.05) is 0 Å². The van der Waals surface area contributed by atoms with Crippen LogP contribution < -0.4 is 0 Å². The van der Waals surface area contributed by atoms with Crippen LogP contribution >= 0.6 is 0 Å². The third kappa shape index (κ3) is 3.21. The van der Waals surface area contributed by atoms with Crippen LogP contribution in [-0.4, -0.2) is 15.0 Å². The average molecular weight is 448 g/mol. The smallest absolute Gasteiger partial charge is 0.125 e. The fourth-order valence-electron chi connectivity index (χ4n) is 5.40. The lowest BCUT2D eigenvalue weighted by atomic mass is 9.89. The van der Waals surface area contributed by atoms with Crippen molar-refractivity contribution in [2.45, 2.75) is 33.1 Å². The van der Waals surface area contributed by atoms with Crippen LogP contribution in [0.1, 0.15) is 47.8 Å². The van der Waals surface area contributed by atoms with Gasteiger partial charge in [0.2, 0.25) is 0 Å². The predicted octanol–water partition coefficient (Wildman–Crippen LogP) is 7.89. The second kappa shape index (κ2) is 7.84. The number of H-pyrrole nitrogens is 2. The normalized spacial score (nSPS) is 13.0. The maximum Gasteiger partial charge on any atom is 0.125 e. The van der Waals surface area contributed by atoms with E-state index >= 15 is 0 Å². The Hall–Kier alpha value is -3.92. The quantitative estimate of drug-likeness (QED) is 0.289. The highest BCUT2D eigenvalue weighted by Crippen LogP contribution is 2.45. The Bertz CT molecular complexity index is 1570. The minimum absolute atomic E-state index is 0.242. The van der Waals surface area contributed by atoms with Gasteiger partial charge in [-0.1, -0.05) is 44.2 Å². The van der Waals surface area contributed by atoms with Gasteiger partial charge in [-0.25, -0.2) is 4.39 Å². The van der Waals surface area contributed by atoms with Gasteiger partial charge in [-0.05, 0) is 65.4 Å². The van der Waals surface area contributed by atoms with Gasteiger partial charge in [-0.15, -0.1) is 0 Å². The number of hydrogen-bond donors (Lipinski definition) is 2. The molecule has 34 heavy (non-hydrogen) atoms. The van der Waals surface area contributed by atoms with E-state index in [2.05, 4.69) is 67.1 Å². The molecule has 0 bridgehead atoms. The van der Waals surface area contributed by atoms with E-state index in [1.807, 2.05) is 24.5 Å². The van der Waals surface area contributed by atoms with Gasteiger partial charge in [0.05, 0.1) is 11.4 Å². The van der Waals surface area contributed by atoms with Crippen molar-refractivity contribution in [3.63, 3.8) is 0 Å². The highest BCUT2D eigenvalue weighted by Gasteiger charge is 2.26. The summed E-state index contributed by atoms with van der Waals surface area (Å²) in [6, 6.07) is 17.8. The van der Waals surface area contributed by atoms with Gasteiger partial charge in [0, 0.05) is 52.1 Å². The molecule has 3 heterocycles. The Morgan fingerprint density at radius 2 is 1.82 bits per heavy atom. The summed E-state index contributed by atoms with van der Waals surface area (Å²) in [5, 5.41) is 1.02. The van der Waals surface area contributed by atoms with Crippen LogP contribution in [0.5, 0.6) is 0 Å². The summed E-state index contributed by atoms with van der Waals surface area (Å²) in [6.07, 6.45) is 6.90. The van der Waals surface area contributed by atoms with Gasteiger partial charge in [0.25, 0.3) is 0 Å². The number of pyridine rings is 1. The molecule has 0 radical (unpaired) electrons. The summed E-state index contributed by atoms with van der Waals surface area (Å²) in [5.41, 5.74) is 12.2. The van der Waals surface area contributed by atoms with E-state index in [4.69, 9.17) is 4.98 Å². The molecule has 168 valence electrons. The molecule has 0 aliphatic heterocycles. The Balaban J connectivity index is 1.58. The van der Waals surface area contributed by atoms with E-state index in [0.717, 1.165) is 40.0 Å². The van der Waals surface area contributed by atoms with Crippen LogP contribution in [0.2, 0.25) is 0 Å². The number of nitrogens with zero attached hydrogens (tertiary/aromatic N) is 1. The first kappa shape index (κ1) is 20.7. The monoisotopic (exact) mass is 447 g/mol. The Labute approximate surface area is 198 Å². The molecule has 2 N–H and O–H groups in total. The van der Waals surface area contributed by atoms with Crippen molar-refractivity contribution < 1.29 is 4.39 Å². The number of benzene rings is 2. The van der Waals surface area contributed by atoms with E-state index in [1.54, 1.807) is 12.1 Å². The lowest BCUT2D eigenvalue weighted by molar-refractivity contribution is 0.630. The molecule has 0 fully saturated rings. The summed E-state index contributed by atoms with van der Waals surface area (Å²) in [6.45, 7) is 6.52. The number of nitrogens with one attached hydrogen (secondary N) is 2. The van der Waals surface area contributed by atoms with Gasteiger partial charge in [-0.3, -0.25) is 4.98 Å². The molecule has 4 heteroatoms. The molecule has 1 aliphatic carbocycles. The fourth-order valence-corrected chi connectivity index (χ4v) is 5.40. The molecule has 0 saturated heterocycles. The largest absolute Gasteiger partial charge is 0.361 e. The molecule has 0 unspecified atom stereocenters. The van der Waals surface area contributed by atoms with Crippen molar-refractivity contribution >= 4 is 22.6 Å². The summed E-state index contributed by atoms with van der Waals surface area (Å²) < 4.78 is 14.6. The van der Waals surface area contributed by atoms with Gasteiger partial charge >= 0.3 is 0 Å². The highest BCUT2D eigenvalue weighted by atomic mass is 19.1. The minimum atomic E-state index is -0.242. The highest BCUT2D eigenvalue weighted by molar-refractivity contribution is 5.99. The van der Waals surface area contributed by atoms with Crippen LogP contribution in [0.25, 0.3) is 44.9 Å². The second-order valence-corrected chi connectivity index (χ2v) is 9.39. The molecule has 3 nitrogen and oxygen atoms in total. The van der Waals surface area contributed by atoms with Crippen molar-refractivity contribution in [2.24, 2.45) is 0 Å². The number of allylic oxidation sites excluding steroid dienone is 1. The number of fused-ring (bicyclic) bond motifs is 2. The topological polar surface area (TPSA) is 44.5 Å². The number of aryl methyl sites for hydroxylation is 1. The van der Waals surface area contributed by atoms with Crippen molar-refractivity contribution in [1.29, 1.82) is 0 Å². The SMILES string of the molecule is Cc1[nH]c(-c2cc(F)cc3[nH]ccc23)c(C(C)C)c1-c1ccnc2c1C=C(c1ccccc1)C2. The number of aromatic nitrogens is 3. The molecule has 0 saturated carbocycles. The van der Waals surface area contributed by atoms with Gasteiger partial charge in [-0.2, -0.15) is 0 Å². The molecule has 2 aromatic carbocycles. The molecular weight excluding hydrogens is 421 g/mol. The third-order valence-corrected chi connectivity index (χ3v) is 6.87. The zero-order valence-corrected chi connectivity index (χ0v) is 19.5. The molecule has 0 atom stereocenters. The molecule has 3 aromatic heterocycles. The van der Waals surface area contributed by atoms with Crippen LogP contribution in [0.3, 0.4) is 0 Å². The number of halogens is 1. The number of aromatic amines is 2. The maximum absolute atomic E-state index is 14.6. The lowest BCUT2D eigenvalue weighted by Crippen LogP contribution is -1.97. The Kier molecular flexibility index (Phi) is 4.77. The van der Waals surface area contributed by atoms with Crippen molar-refractivity contribution in [3.05, 3.63) is 101 Å². The molecule has 1 aliphatic rings. The maximum atomic E-state index is 14.6. The van der Waals surface area contributed by atoms with Crippen LogP contribution in [-0.2, 0) is 6.42 Å². The summed E-state index contributed by atoms with van der Waals surface area (Å²) in [4.78, 5) is 11.5. The number of hydrogen-bond acceptors (Lipinski definition) is 1. The zero-order valence-electron chi connectivity index (χ0n) is 19.5. The summed E-state index contributed by atoms with van der Waals surface area (Å²) in [5.74, 6) is 0.00343. The fraction of sp³-hybridized carbons (Fsp3) is 0.167. The van der Waals surface area contributed by atoms with Gasteiger partial charge in [0.1, 0.15) is 5.82 Å². The van der Waals surface area contributed by atoms with Gasteiger partial charge < -0.3 is 9.97 Å². The Morgan fingerprint density at radius 3 is 2.62 bits per heavy atom. The van der Waals surface area contributed by atoms with E-state index in [0.29, 0.717) is 0 Å². The van der Waals surface area contributed by atoms with Crippen molar-refractivity contribution in [3.8, 4) is 22.4 Å². The van der Waals surface area contributed by atoms with E-state index in [1.165, 1.54) is 33.4 Å². The molecule has 0 spiro atoms. The van der Waals surface area contributed by atoms with Crippen LogP contribution in [0.15, 0.2) is 67.0 Å². The predicted molar refractivity (Wildman–Crippen MR) is 138 cm³/mol. The number of rotatable bonds is 4. The zero-order chi connectivity index (χ0) is 23.4. The molecule has 6 rings (SSSR count). The van der Waals surface area contributed by atoms with Crippen LogP contribution in [0.4, 0.5) is 4.39 Å². The Morgan fingerprint density at radius 1 is 1.00 bits per heavy atom. The molecule has 0 amide bonds. The summed E-state index contributed by atoms with van der Waals surface area (Å²) >= 11 is 0. The standard InChI is InChI=1S/C30H26FN3/c1-17(2)28-29(18(3)34-30(28)25-15-21(31)16-27-22(25)9-11-33-27)23-10-12-32-26-14-20(13-24(23)26)19-7-5-4-6-8-19/h4-13,15-17,33-34H,14H2,1-3H3. The van der Waals surface area contributed by atoms with Crippen molar-refractivity contribution in [1.82, 2.24) is 15.0 Å². The van der Waals surface area contributed by atoms with E-state index in [9.17, 15) is 4.39 Å². The first-order valence-corrected chi connectivity index (χ1v) is 11.7. The molecular formula is C30H26FN3. The third-order valence-electron chi connectivity index (χ3n) is 6.87. The lowest BCUT2D eigenvalue weighted by Gasteiger charge is -2.15. The van der Waals surface area contributed by atoms with E-state index < -0.39 is 0 Å². The van der Waals surface area contributed by atoms with Crippen LogP contribution in [0, 0.1) is 12.7 Å². The second-order valence-electron chi connectivity index (χ2n) is 9.39. The summed E-state index contributed by atoms with van der Waals surface area (Å²) in [7, 11) is 0. The first-order valence-electron chi connectivity index (χ1n) is 11.7. The average Bonchev–Trinajstić information content (AvgIpc) is 3.55. The minimum Gasteiger partial charge on any atom is -0.361 e. The van der Waals surface area contributed by atoms with E-state index in [-0.39, 0.29) is 11.7 Å². The van der Waals surface area contributed by atoms with Gasteiger partial charge in [0.15, 0.2) is 0 Å². The molecule has 5 aromatic rings.